The lowest BCUT2D eigenvalue weighted by Gasteiger charge is -2.61. The number of nitrogens with zero attached hydrogens (tertiary/aromatic N) is 2. The number of para-hydroxylation sites is 2. The highest BCUT2D eigenvalue weighted by atomic mass is 15.2. The minimum absolute atomic E-state index is 0. The van der Waals surface area contributed by atoms with Gasteiger partial charge >= 0.3 is 0 Å². The van der Waals surface area contributed by atoms with Crippen molar-refractivity contribution in [2.24, 2.45) is 23.7 Å². The molecular weight excluding hydrogens is 785 g/mol. The topological polar surface area (TPSA) is 6.48 Å². The third kappa shape index (κ3) is 5.53. The van der Waals surface area contributed by atoms with Crippen molar-refractivity contribution >= 4 is 66.4 Å². The average Bonchev–Trinajstić information content (AvgIpc) is 3.65. The second-order valence-corrected chi connectivity index (χ2v) is 19.3. The molecular formula is C63H52N2. The maximum absolute atomic E-state index is 2.62. The molecule has 0 atom stereocenters. The Labute approximate surface area is 382 Å². The van der Waals surface area contributed by atoms with E-state index in [1.54, 1.807) is 11.1 Å². The highest BCUT2D eigenvalue weighted by Crippen LogP contribution is 2.70. The monoisotopic (exact) mass is 836 g/mol. The summed E-state index contributed by atoms with van der Waals surface area (Å²) in [5.41, 5.74) is 15.7. The van der Waals surface area contributed by atoms with Gasteiger partial charge in [-0.3, -0.25) is 0 Å². The van der Waals surface area contributed by atoms with E-state index < -0.39 is 0 Å². The van der Waals surface area contributed by atoms with Gasteiger partial charge in [-0.1, -0.05) is 159 Å². The summed E-state index contributed by atoms with van der Waals surface area (Å²) < 4.78 is 0. The van der Waals surface area contributed by atoms with Gasteiger partial charge in [0, 0.05) is 38.8 Å². The summed E-state index contributed by atoms with van der Waals surface area (Å²) in [4.78, 5) is 5.03. The molecule has 0 heterocycles. The number of hydrogen-bond acceptors (Lipinski definition) is 2. The van der Waals surface area contributed by atoms with Gasteiger partial charge in [0.05, 0.1) is 17.1 Å². The van der Waals surface area contributed by atoms with E-state index in [-0.39, 0.29) is 12.8 Å². The molecule has 4 bridgehead atoms. The van der Waals surface area contributed by atoms with Gasteiger partial charge < -0.3 is 9.80 Å². The van der Waals surface area contributed by atoms with Gasteiger partial charge in [0.15, 0.2) is 0 Å². The fourth-order valence-corrected chi connectivity index (χ4v) is 14.0. The number of hydrogen-bond donors (Lipinski definition) is 0. The molecule has 4 saturated carbocycles. The van der Waals surface area contributed by atoms with E-state index in [2.05, 4.69) is 216 Å². The Bertz CT molecular complexity index is 3320. The highest BCUT2D eigenvalue weighted by Gasteiger charge is 2.61. The van der Waals surface area contributed by atoms with Crippen LogP contribution in [0.1, 0.15) is 50.7 Å². The van der Waals surface area contributed by atoms with E-state index >= 15 is 0 Å². The van der Waals surface area contributed by atoms with E-state index in [0.717, 1.165) is 23.2 Å². The predicted molar refractivity (Wildman–Crippen MR) is 275 cm³/mol. The molecule has 15 rings (SSSR count). The van der Waals surface area contributed by atoms with Gasteiger partial charge in [0.1, 0.15) is 0 Å². The Morgan fingerprint density at radius 1 is 0.354 bits per heavy atom. The van der Waals surface area contributed by atoms with Crippen LogP contribution in [0, 0.1) is 23.7 Å². The summed E-state index contributed by atoms with van der Waals surface area (Å²) in [6.07, 6.45) is 6.95. The molecule has 5 aliphatic carbocycles. The van der Waals surface area contributed by atoms with Crippen LogP contribution in [0.3, 0.4) is 0 Å². The first-order valence-corrected chi connectivity index (χ1v) is 23.5. The van der Waals surface area contributed by atoms with Gasteiger partial charge in [0.25, 0.3) is 0 Å². The third-order valence-corrected chi connectivity index (χ3v) is 16.2. The summed E-state index contributed by atoms with van der Waals surface area (Å²) >= 11 is 0. The molecule has 0 radical (unpaired) electrons. The molecule has 2 nitrogen and oxygen atoms in total. The first-order chi connectivity index (χ1) is 31.7. The molecule has 10 aromatic carbocycles. The minimum Gasteiger partial charge on any atom is -0.310 e. The van der Waals surface area contributed by atoms with Gasteiger partial charge in [-0.2, -0.15) is 0 Å². The zero-order chi connectivity index (χ0) is 41.9. The van der Waals surface area contributed by atoms with Gasteiger partial charge in [-0.25, -0.2) is 0 Å². The van der Waals surface area contributed by atoms with Gasteiger partial charge in [0.2, 0.25) is 0 Å². The van der Waals surface area contributed by atoms with E-state index in [0.29, 0.717) is 11.8 Å². The van der Waals surface area contributed by atoms with Crippen LogP contribution < -0.4 is 9.80 Å². The van der Waals surface area contributed by atoms with Crippen LogP contribution in [0.5, 0.6) is 0 Å². The highest BCUT2D eigenvalue weighted by molar-refractivity contribution is 6.28. The molecule has 5 aliphatic rings. The molecule has 314 valence electrons. The minimum atomic E-state index is 0. The normalized spacial score (nSPS) is 21.2. The summed E-state index contributed by atoms with van der Waals surface area (Å²) in [5.74, 6) is 3.21. The predicted octanol–water partition coefficient (Wildman–Crippen LogP) is 17.5. The Kier molecular flexibility index (Phi) is 8.66. The first-order valence-electron chi connectivity index (χ1n) is 23.5. The summed E-state index contributed by atoms with van der Waals surface area (Å²) in [6, 6.07) is 77.5. The summed E-state index contributed by atoms with van der Waals surface area (Å²) in [7, 11) is 0. The van der Waals surface area contributed by atoms with Crippen molar-refractivity contribution in [3.05, 3.63) is 217 Å². The van der Waals surface area contributed by atoms with Crippen LogP contribution in [0.2, 0.25) is 0 Å². The molecule has 0 aliphatic heterocycles. The Balaban J connectivity index is 0.00000423. The van der Waals surface area contributed by atoms with Crippen molar-refractivity contribution in [2.45, 2.75) is 44.9 Å². The van der Waals surface area contributed by atoms with Crippen molar-refractivity contribution in [3.8, 4) is 22.3 Å². The fraction of sp³-hybridized carbons (Fsp3) is 0.175. The van der Waals surface area contributed by atoms with Crippen LogP contribution in [-0.4, -0.2) is 0 Å². The van der Waals surface area contributed by atoms with E-state index in [1.807, 2.05) is 0 Å². The van der Waals surface area contributed by atoms with Crippen molar-refractivity contribution in [1.29, 1.82) is 0 Å². The standard InChI is InChI=1S/C62H48N2.CH4/c1-4-13-42(14-5-1)43-23-29-50(30-24-43)64(58-22-12-21-55-61(58)51-19-10-11-20-54(51)62(55)46-36-40-35-41(38-46)39-47(62)37-40)57-34-28-45-25-31-52-56(33-27-44-26-32-53(57)60(45)59(44)52)63(48-15-6-2-7-16-48)49-17-8-3-9-18-49;/h1-34,40-41,46-47H,35-39H2;1H4. The molecule has 4 fully saturated rings. The lowest BCUT2D eigenvalue weighted by Crippen LogP contribution is -2.55. The van der Waals surface area contributed by atoms with Crippen LogP contribution in [0.25, 0.3) is 54.6 Å². The van der Waals surface area contributed by atoms with Crippen molar-refractivity contribution in [3.63, 3.8) is 0 Å². The zero-order valence-corrected chi connectivity index (χ0v) is 35.9. The Morgan fingerprint density at radius 3 is 1.43 bits per heavy atom. The number of benzene rings is 10. The first kappa shape index (κ1) is 38.3. The maximum Gasteiger partial charge on any atom is 0.0543 e. The van der Waals surface area contributed by atoms with Crippen LogP contribution in [-0.2, 0) is 5.41 Å². The molecule has 1 spiro atoms. The van der Waals surface area contributed by atoms with Crippen molar-refractivity contribution in [1.82, 2.24) is 0 Å². The molecule has 0 amide bonds. The molecule has 10 aromatic rings. The zero-order valence-electron chi connectivity index (χ0n) is 35.9. The Morgan fingerprint density at radius 2 is 0.831 bits per heavy atom. The van der Waals surface area contributed by atoms with Gasteiger partial charge in [-0.15, -0.1) is 0 Å². The molecule has 2 heteroatoms. The van der Waals surface area contributed by atoms with Crippen LogP contribution in [0.4, 0.5) is 34.1 Å². The average molecular weight is 837 g/mol. The number of fused-ring (bicyclic) bond motifs is 3. The fourth-order valence-electron chi connectivity index (χ4n) is 14.0. The largest absolute Gasteiger partial charge is 0.310 e. The van der Waals surface area contributed by atoms with E-state index in [9.17, 15) is 0 Å². The summed E-state index contributed by atoms with van der Waals surface area (Å²) in [5, 5.41) is 7.65. The SMILES string of the molecule is C.c1ccc(-c2ccc(N(c3cccc4c3-c3ccccc3C43C4CC5CC(C4)CC3C5)c3ccc4ccc5c(N(c6ccccc6)c6ccccc6)ccc6ccc3c4c65)cc2)cc1. The van der Waals surface area contributed by atoms with Crippen LogP contribution >= 0.6 is 0 Å². The second-order valence-electron chi connectivity index (χ2n) is 19.3. The van der Waals surface area contributed by atoms with E-state index in [4.69, 9.17) is 0 Å². The van der Waals surface area contributed by atoms with Crippen molar-refractivity contribution in [2.75, 3.05) is 9.80 Å². The lowest BCUT2D eigenvalue weighted by atomic mass is 9.43. The molecule has 0 unspecified atom stereocenters. The second kappa shape index (κ2) is 14.7. The van der Waals surface area contributed by atoms with Crippen LogP contribution in [0.15, 0.2) is 206 Å². The smallest absolute Gasteiger partial charge is 0.0543 e. The number of anilines is 6. The number of rotatable bonds is 7. The van der Waals surface area contributed by atoms with Gasteiger partial charge in [-0.05, 0) is 160 Å². The van der Waals surface area contributed by atoms with E-state index in [1.165, 1.54) is 109 Å². The lowest BCUT2D eigenvalue weighted by molar-refractivity contribution is -0.0399. The Hall–Kier alpha value is -7.16. The molecule has 0 saturated heterocycles. The molecule has 0 N–H and O–H groups in total. The molecule has 0 aromatic heterocycles. The summed E-state index contributed by atoms with van der Waals surface area (Å²) in [6.45, 7) is 0. The molecule has 65 heavy (non-hydrogen) atoms. The third-order valence-electron chi connectivity index (χ3n) is 16.2. The van der Waals surface area contributed by atoms with Crippen molar-refractivity contribution < 1.29 is 0 Å². The quantitative estimate of drug-likeness (QED) is 0.148. The maximum atomic E-state index is 2.62.